The molecule has 1 aliphatic carbocycles. The lowest BCUT2D eigenvalue weighted by Crippen LogP contribution is -2.56. The second-order valence-corrected chi connectivity index (χ2v) is 13.0. The van der Waals surface area contributed by atoms with Crippen molar-refractivity contribution in [3.63, 3.8) is 0 Å². The first-order valence-corrected chi connectivity index (χ1v) is 14.4. The number of carbonyl (C=O) groups is 3. The van der Waals surface area contributed by atoms with Gasteiger partial charge in [-0.05, 0) is 37.3 Å². The van der Waals surface area contributed by atoms with Crippen molar-refractivity contribution in [3.8, 4) is 11.6 Å². The van der Waals surface area contributed by atoms with Gasteiger partial charge in [-0.15, -0.1) is 0 Å². The number of ether oxygens (including phenoxy) is 4. The van der Waals surface area contributed by atoms with Crippen molar-refractivity contribution in [2.24, 2.45) is 17.3 Å². The maximum Gasteiger partial charge on any atom is 0.408 e. The summed E-state index contributed by atoms with van der Waals surface area (Å²) in [5.41, 5.74) is -1.78. The summed E-state index contributed by atoms with van der Waals surface area (Å²) in [6.45, 7) is 7.75. The van der Waals surface area contributed by atoms with E-state index >= 15 is 8.78 Å². The molecule has 2 bridgehead atoms. The Morgan fingerprint density at radius 3 is 2.60 bits per heavy atom. The molecule has 13 heteroatoms. The van der Waals surface area contributed by atoms with E-state index in [1.54, 1.807) is 46.8 Å². The van der Waals surface area contributed by atoms with Crippen LogP contribution in [0.15, 0.2) is 18.2 Å². The summed E-state index contributed by atoms with van der Waals surface area (Å²) < 4.78 is 53.9. The van der Waals surface area contributed by atoms with Gasteiger partial charge in [-0.2, -0.15) is 8.78 Å². The molecule has 43 heavy (non-hydrogen) atoms. The molecule has 11 nitrogen and oxygen atoms in total. The summed E-state index contributed by atoms with van der Waals surface area (Å²) in [5, 5.41) is 2.72. The van der Waals surface area contributed by atoms with E-state index in [2.05, 4.69) is 15.3 Å². The Morgan fingerprint density at radius 2 is 1.93 bits per heavy atom. The lowest BCUT2D eigenvalue weighted by atomic mass is 9.85. The van der Waals surface area contributed by atoms with Crippen molar-refractivity contribution in [1.82, 2.24) is 20.2 Å². The predicted octanol–water partition coefficient (Wildman–Crippen LogP) is 3.86. The highest BCUT2D eigenvalue weighted by atomic mass is 19.3. The van der Waals surface area contributed by atoms with Crippen LogP contribution in [0.1, 0.15) is 53.2 Å². The predicted molar refractivity (Wildman–Crippen MR) is 150 cm³/mol. The molecule has 2 aliphatic heterocycles. The number of methoxy groups -OCH3 is 1. The van der Waals surface area contributed by atoms with E-state index in [9.17, 15) is 14.4 Å². The number of hydrogen-bond acceptors (Lipinski definition) is 9. The average molecular weight is 605 g/mol. The number of aldehydes is 1. The molecule has 3 aliphatic rings. The highest BCUT2D eigenvalue weighted by Crippen LogP contribution is 2.49. The number of benzene rings is 1. The Balaban J connectivity index is 1.56. The maximum atomic E-state index is 15.7. The zero-order valence-corrected chi connectivity index (χ0v) is 25.2. The average Bonchev–Trinajstić information content (AvgIpc) is 3.46. The van der Waals surface area contributed by atoms with Gasteiger partial charge < -0.3 is 34.0 Å². The van der Waals surface area contributed by atoms with Crippen molar-refractivity contribution in [1.29, 1.82) is 0 Å². The number of alkyl halides is 2. The smallest absolute Gasteiger partial charge is 0.408 e. The molecule has 0 radical (unpaired) electrons. The summed E-state index contributed by atoms with van der Waals surface area (Å²) in [7, 11) is 1.47. The highest BCUT2D eigenvalue weighted by molar-refractivity contribution is 5.89. The fourth-order valence-electron chi connectivity index (χ4n) is 5.80. The molecule has 0 unspecified atom stereocenters. The van der Waals surface area contributed by atoms with E-state index in [1.165, 1.54) is 18.1 Å². The SMILES string of the molecule is COc1ccc2nc3c(nc2c1)O[C@H]1CN(C(=O)[C@H](C(C)(C)C)NC(=O)O[C@]2(C)C[C@H]2CCOCC3(F)F)[C@H](C=O)[C@@H]1C. The minimum Gasteiger partial charge on any atom is -0.497 e. The first-order chi connectivity index (χ1) is 20.2. The van der Waals surface area contributed by atoms with E-state index < -0.39 is 71.2 Å². The molecule has 1 aromatic carbocycles. The van der Waals surface area contributed by atoms with Gasteiger partial charge in [-0.3, -0.25) is 4.79 Å². The van der Waals surface area contributed by atoms with Gasteiger partial charge >= 0.3 is 12.0 Å². The third kappa shape index (κ3) is 6.09. The number of nitrogens with one attached hydrogen (secondary N) is 1. The molecule has 1 saturated carbocycles. The van der Waals surface area contributed by atoms with Crippen molar-refractivity contribution in [2.45, 2.75) is 77.2 Å². The zero-order valence-electron chi connectivity index (χ0n) is 25.2. The van der Waals surface area contributed by atoms with Gasteiger partial charge in [0.05, 0.1) is 30.7 Å². The lowest BCUT2D eigenvalue weighted by molar-refractivity contribution is -0.139. The van der Waals surface area contributed by atoms with Crippen LogP contribution in [0.25, 0.3) is 11.0 Å². The van der Waals surface area contributed by atoms with Crippen LogP contribution in [-0.2, 0) is 25.0 Å². The molecule has 6 atom stereocenters. The molecule has 2 amide bonds. The normalized spacial score (nSPS) is 31.4. The summed E-state index contributed by atoms with van der Waals surface area (Å²) in [4.78, 5) is 49.1. The van der Waals surface area contributed by atoms with Crippen molar-refractivity contribution < 1.29 is 42.1 Å². The lowest BCUT2D eigenvalue weighted by Gasteiger charge is -2.35. The minimum absolute atomic E-state index is 0.00790. The Bertz CT molecular complexity index is 1420. The number of hydrogen-bond donors (Lipinski definition) is 1. The van der Waals surface area contributed by atoms with E-state index in [0.717, 1.165) is 0 Å². The summed E-state index contributed by atoms with van der Waals surface area (Å²) in [6, 6.07) is 2.70. The van der Waals surface area contributed by atoms with Crippen molar-refractivity contribution in [3.05, 3.63) is 23.9 Å². The molecule has 0 spiro atoms. The Labute approximate surface area is 248 Å². The number of carbonyl (C=O) groups excluding carboxylic acids is 3. The number of fused-ring (bicyclic) bond motifs is 5. The molecule has 1 N–H and O–H groups in total. The summed E-state index contributed by atoms with van der Waals surface area (Å²) in [5.74, 6) is -4.74. The number of rotatable bonds is 2. The molecule has 3 heterocycles. The molecule has 2 aromatic rings. The van der Waals surface area contributed by atoms with Gasteiger partial charge in [-0.1, -0.05) is 27.7 Å². The van der Waals surface area contributed by atoms with Gasteiger partial charge in [-0.25, -0.2) is 14.8 Å². The first kappa shape index (κ1) is 30.8. The number of nitrogens with zero attached hydrogens (tertiary/aromatic N) is 3. The van der Waals surface area contributed by atoms with Crippen LogP contribution < -0.4 is 14.8 Å². The number of amides is 2. The van der Waals surface area contributed by atoms with Gasteiger partial charge in [0.25, 0.3) is 0 Å². The van der Waals surface area contributed by atoms with E-state index in [1.807, 2.05) is 0 Å². The second-order valence-electron chi connectivity index (χ2n) is 13.0. The largest absolute Gasteiger partial charge is 0.497 e. The van der Waals surface area contributed by atoms with E-state index in [-0.39, 0.29) is 30.1 Å². The molecular weight excluding hydrogens is 566 g/mol. The Morgan fingerprint density at radius 1 is 1.19 bits per heavy atom. The topological polar surface area (TPSA) is 129 Å². The Hall–Kier alpha value is -3.61. The highest BCUT2D eigenvalue weighted by Gasteiger charge is 2.54. The maximum absolute atomic E-state index is 15.7. The van der Waals surface area contributed by atoms with Crippen molar-refractivity contribution in [2.75, 3.05) is 26.9 Å². The van der Waals surface area contributed by atoms with Crippen LogP contribution in [0.4, 0.5) is 13.6 Å². The molecule has 5 rings (SSSR count). The quantitative estimate of drug-likeness (QED) is 0.508. The standard InChI is InChI=1S/C30H38F2N4O7/c1-16-21(14-37)36-13-22(16)42-25-23(33-19-8-7-18(40-6)11-20(19)34-25)30(31,32)15-41-10-9-17-12-29(17,5)43-27(39)35-24(26(36)38)28(2,3)4/h7-8,11,14,16-17,21-22,24H,9-10,12-13,15H2,1-6H3,(H,35,39)/t16-,17+,21+,22-,24+,29+/m0/s1. The molecular formula is C30H38F2N4O7. The van der Waals surface area contributed by atoms with Crippen LogP contribution in [0, 0.1) is 17.3 Å². The van der Waals surface area contributed by atoms with Gasteiger partial charge in [0.2, 0.25) is 11.8 Å². The van der Waals surface area contributed by atoms with Gasteiger partial charge in [0.1, 0.15) is 36.4 Å². The molecule has 1 saturated heterocycles. The van der Waals surface area contributed by atoms with Crippen LogP contribution in [0.5, 0.6) is 11.6 Å². The van der Waals surface area contributed by atoms with Crippen molar-refractivity contribution >= 4 is 29.3 Å². The number of alkyl carbamates (subject to hydrolysis) is 1. The summed E-state index contributed by atoms with van der Waals surface area (Å²) in [6.07, 6.45) is -0.0965. The van der Waals surface area contributed by atoms with E-state index in [4.69, 9.17) is 18.9 Å². The monoisotopic (exact) mass is 604 g/mol. The minimum atomic E-state index is -3.58. The zero-order chi connectivity index (χ0) is 31.3. The van der Waals surface area contributed by atoms with E-state index in [0.29, 0.717) is 24.9 Å². The fourth-order valence-corrected chi connectivity index (χ4v) is 5.80. The van der Waals surface area contributed by atoms with Crippen LogP contribution in [-0.4, -0.2) is 83.8 Å². The number of aromatic nitrogens is 2. The third-order valence-corrected chi connectivity index (χ3v) is 8.68. The molecule has 234 valence electrons. The fraction of sp³-hybridized carbons (Fsp3) is 0.633. The second kappa shape index (κ2) is 11.1. The molecule has 2 fully saturated rings. The van der Waals surface area contributed by atoms with Crippen LogP contribution >= 0.6 is 0 Å². The molecule has 1 aromatic heterocycles. The van der Waals surface area contributed by atoms with Gasteiger partial charge in [0, 0.05) is 24.5 Å². The van der Waals surface area contributed by atoms with Crippen LogP contribution in [0.3, 0.4) is 0 Å². The van der Waals surface area contributed by atoms with Crippen LogP contribution in [0.2, 0.25) is 0 Å². The number of halogens is 2. The summed E-state index contributed by atoms with van der Waals surface area (Å²) >= 11 is 0. The third-order valence-electron chi connectivity index (χ3n) is 8.68. The first-order valence-electron chi connectivity index (χ1n) is 14.4. The van der Waals surface area contributed by atoms with Gasteiger partial charge in [0.15, 0.2) is 5.69 Å². The Kier molecular flexibility index (Phi) is 7.99.